The van der Waals surface area contributed by atoms with Crippen LogP contribution in [0, 0.1) is 29.6 Å². The number of hydrogen-bond donors (Lipinski definition) is 0. The predicted molar refractivity (Wildman–Crippen MR) is 59.9 cm³/mol. The van der Waals surface area contributed by atoms with Crippen LogP contribution in [0.1, 0.15) is 32.6 Å². The van der Waals surface area contributed by atoms with Crippen molar-refractivity contribution in [1.82, 2.24) is 0 Å². The Morgan fingerprint density at radius 2 is 1.93 bits per heavy atom. The van der Waals surface area contributed by atoms with Gasteiger partial charge in [0.2, 0.25) is 0 Å². The summed E-state index contributed by atoms with van der Waals surface area (Å²) in [6.45, 7) is 2.30. The summed E-state index contributed by atoms with van der Waals surface area (Å²) in [6, 6.07) is 0. The molecule has 0 spiro atoms. The van der Waals surface area contributed by atoms with Gasteiger partial charge in [-0.15, -0.1) is 0 Å². The molecule has 0 aliphatic heterocycles. The Hall–Kier alpha value is -0.520. The fourth-order valence-electron chi connectivity index (χ4n) is 3.90. The first kappa shape index (κ1) is 8.76. The van der Waals surface area contributed by atoms with Gasteiger partial charge in [0.15, 0.2) is 0 Å². The van der Waals surface area contributed by atoms with E-state index < -0.39 is 0 Å². The monoisotopic (exact) mass is 188 g/mol. The predicted octanol–water partition coefficient (Wildman–Crippen LogP) is 3.80. The van der Waals surface area contributed by atoms with Crippen molar-refractivity contribution >= 4 is 0 Å². The van der Waals surface area contributed by atoms with Crippen molar-refractivity contribution in [2.45, 2.75) is 32.6 Å². The highest BCUT2D eigenvalue weighted by Gasteiger charge is 2.48. The molecule has 0 radical (unpaired) electrons. The second-order valence-corrected chi connectivity index (χ2v) is 5.29. The summed E-state index contributed by atoms with van der Waals surface area (Å²) in [6.07, 6.45) is 15.7. The molecule has 3 aliphatic rings. The van der Waals surface area contributed by atoms with Crippen LogP contribution < -0.4 is 0 Å². The molecule has 0 aromatic heterocycles. The quantitative estimate of drug-likeness (QED) is 0.591. The highest BCUT2D eigenvalue weighted by molar-refractivity contribution is 5.23. The third-order valence-corrected chi connectivity index (χ3v) is 4.55. The van der Waals surface area contributed by atoms with E-state index in [9.17, 15) is 0 Å². The molecule has 5 atom stereocenters. The first-order chi connectivity index (χ1) is 6.90. The molecular weight excluding hydrogens is 168 g/mol. The smallest absolute Gasteiger partial charge is 0.0131 e. The summed E-state index contributed by atoms with van der Waals surface area (Å²) in [7, 11) is 0. The maximum atomic E-state index is 2.53. The Morgan fingerprint density at radius 3 is 2.79 bits per heavy atom. The third-order valence-electron chi connectivity index (χ3n) is 4.55. The molecule has 0 saturated heterocycles. The minimum atomic E-state index is 0.910. The average molecular weight is 188 g/mol. The van der Waals surface area contributed by atoms with Crippen LogP contribution in [0.2, 0.25) is 0 Å². The molecule has 0 N–H and O–H groups in total. The molecule has 3 rings (SSSR count). The maximum Gasteiger partial charge on any atom is -0.0131 e. The number of unbranched alkanes of at least 4 members (excludes halogenated alkanes) is 1. The van der Waals surface area contributed by atoms with Gasteiger partial charge in [0, 0.05) is 0 Å². The van der Waals surface area contributed by atoms with Crippen LogP contribution in [-0.2, 0) is 0 Å². The van der Waals surface area contributed by atoms with Gasteiger partial charge in [-0.3, -0.25) is 0 Å². The lowest BCUT2D eigenvalue weighted by Gasteiger charge is -2.26. The normalized spacial score (nSPS) is 47.6. The van der Waals surface area contributed by atoms with E-state index in [2.05, 4.69) is 31.2 Å². The summed E-state index contributed by atoms with van der Waals surface area (Å²) < 4.78 is 0. The fraction of sp³-hybridized carbons (Fsp3) is 0.714. The van der Waals surface area contributed by atoms with E-state index >= 15 is 0 Å². The Morgan fingerprint density at radius 1 is 1.07 bits per heavy atom. The molecule has 2 bridgehead atoms. The third kappa shape index (κ3) is 1.12. The molecule has 14 heavy (non-hydrogen) atoms. The fourth-order valence-corrected chi connectivity index (χ4v) is 3.90. The van der Waals surface area contributed by atoms with E-state index in [0.717, 1.165) is 29.6 Å². The van der Waals surface area contributed by atoms with Crippen LogP contribution in [0.5, 0.6) is 0 Å². The number of rotatable bonds is 3. The zero-order chi connectivity index (χ0) is 9.54. The van der Waals surface area contributed by atoms with Crippen molar-refractivity contribution in [1.29, 1.82) is 0 Å². The first-order valence-corrected chi connectivity index (χ1v) is 6.27. The number of fused-ring (bicyclic) bond motifs is 5. The van der Waals surface area contributed by atoms with Crippen molar-refractivity contribution < 1.29 is 0 Å². The SMILES string of the molecule is CCCCC1C=CC2C3C=CC(C3)C12. The second kappa shape index (κ2) is 3.25. The topological polar surface area (TPSA) is 0 Å². The molecule has 0 nitrogen and oxygen atoms in total. The van der Waals surface area contributed by atoms with Gasteiger partial charge in [-0.1, -0.05) is 44.1 Å². The number of allylic oxidation sites excluding steroid dienone is 4. The van der Waals surface area contributed by atoms with Gasteiger partial charge in [-0.25, -0.2) is 0 Å². The van der Waals surface area contributed by atoms with E-state index in [-0.39, 0.29) is 0 Å². The van der Waals surface area contributed by atoms with Crippen LogP contribution in [-0.4, -0.2) is 0 Å². The molecule has 0 aromatic carbocycles. The maximum absolute atomic E-state index is 2.53. The van der Waals surface area contributed by atoms with E-state index in [4.69, 9.17) is 0 Å². The highest BCUT2D eigenvalue weighted by Crippen LogP contribution is 2.55. The van der Waals surface area contributed by atoms with Gasteiger partial charge in [-0.05, 0) is 42.4 Å². The summed E-state index contributed by atoms with van der Waals surface area (Å²) >= 11 is 0. The average Bonchev–Trinajstić information content (AvgIpc) is 2.87. The zero-order valence-electron chi connectivity index (χ0n) is 9.02. The van der Waals surface area contributed by atoms with Gasteiger partial charge in [0.1, 0.15) is 0 Å². The minimum absolute atomic E-state index is 0.910. The minimum Gasteiger partial charge on any atom is -0.0848 e. The first-order valence-electron chi connectivity index (χ1n) is 6.27. The lowest BCUT2D eigenvalue weighted by molar-refractivity contribution is 0.292. The molecule has 0 aromatic rings. The molecule has 1 fully saturated rings. The highest BCUT2D eigenvalue weighted by atomic mass is 14.5. The van der Waals surface area contributed by atoms with Crippen LogP contribution in [0.3, 0.4) is 0 Å². The van der Waals surface area contributed by atoms with Crippen LogP contribution in [0.4, 0.5) is 0 Å². The van der Waals surface area contributed by atoms with E-state index in [1.54, 1.807) is 0 Å². The summed E-state index contributed by atoms with van der Waals surface area (Å²) in [5.41, 5.74) is 0. The van der Waals surface area contributed by atoms with E-state index in [1.807, 2.05) is 0 Å². The van der Waals surface area contributed by atoms with Crippen LogP contribution in [0.25, 0.3) is 0 Å². The Kier molecular flexibility index (Phi) is 2.04. The Labute approximate surface area is 87.1 Å². The Bertz CT molecular complexity index is 274. The number of hydrogen-bond acceptors (Lipinski definition) is 0. The van der Waals surface area contributed by atoms with E-state index in [0.29, 0.717) is 0 Å². The van der Waals surface area contributed by atoms with Crippen molar-refractivity contribution in [2.24, 2.45) is 29.6 Å². The molecule has 0 heterocycles. The van der Waals surface area contributed by atoms with Gasteiger partial charge in [0.05, 0.1) is 0 Å². The van der Waals surface area contributed by atoms with Crippen LogP contribution >= 0.6 is 0 Å². The summed E-state index contributed by atoms with van der Waals surface area (Å²) in [4.78, 5) is 0. The molecule has 0 heteroatoms. The summed E-state index contributed by atoms with van der Waals surface area (Å²) in [5.74, 6) is 4.68. The van der Waals surface area contributed by atoms with E-state index in [1.165, 1.54) is 25.7 Å². The molecular formula is C14H20. The van der Waals surface area contributed by atoms with Gasteiger partial charge in [-0.2, -0.15) is 0 Å². The van der Waals surface area contributed by atoms with Crippen molar-refractivity contribution in [2.75, 3.05) is 0 Å². The zero-order valence-corrected chi connectivity index (χ0v) is 9.02. The van der Waals surface area contributed by atoms with Gasteiger partial charge < -0.3 is 0 Å². The lowest BCUT2D eigenvalue weighted by atomic mass is 9.78. The van der Waals surface area contributed by atoms with Crippen molar-refractivity contribution in [3.63, 3.8) is 0 Å². The molecule has 0 amide bonds. The molecule has 5 unspecified atom stereocenters. The summed E-state index contributed by atoms with van der Waals surface area (Å²) in [5, 5.41) is 0. The second-order valence-electron chi connectivity index (χ2n) is 5.29. The molecule has 76 valence electrons. The Balaban J connectivity index is 1.73. The molecule has 3 aliphatic carbocycles. The van der Waals surface area contributed by atoms with Crippen molar-refractivity contribution in [3.8, 4) is 0 Å². The largest absolute Gasteiger partial charge is 0.0848 e. The lowest BCUT2D eigenvalue weighted by Crippen LogP contribution is -2.20. The van der Waals surface area contributed by atoms with Gasteiger partial charge in [0.25, 0.3) is 0 Å². The van der Waals surface area contributed by atoms with Crippen LogP contribution in [0.15, 0.2) is 24.3 Å². The van der Waals surface area contributed by atoms with Crippen molar-refractivity contribution in [3.05, 3.63) is 24.3 Å². The molecule has 1 saturated carbocycles. The standard InChI is InChI=1S/C14H20/c1-2-3-4-10-7-8-13-11-5-6-12(9-11)14(10)13/h5-8,10-14H,2-4,9H2,1H3. The van der Waals surface area contributed by atoms with Gasteiger partial charge >= 0.3 is 0 Å².